The van der Waals surface area contributed by atoms with Crippen LogP contribution in [0.15, 0.2) is 12.1 Å². The molecule has 0 radical (unpaired) electrons. The summed E-state index contributed by atoms with van der Waals surface area (Å²) in [6, 6.07) is 3.85. The highest BCUT2D eigenvalue weighted by Crippen LogP contribution is 2.42. The first kappa shape index (κ1) is 14.9. The van der Waals surface area contributed by atoms with E-state index in [1.54, 1.807) is 14.2 Å². The number of rotatable bonds is 5. The van der Waals surface area contributed by atoms with Gasteiger partial charge in [0.1, 0.15) is 11.4 Å². The fourth-order valence-electron chi connectivity index (χ4n) is 2.68. The van der Waals surface area contributed by atoms with Gasteiger partial charge in [-0.1, -0.05) is 0 Å². The first-order valence-corrected chi connectivity index (χ1v) is 6.94. The Labute approximate surface area is 120 Å². The molecule has 20 heavy (non-hydrogen) atoms. The smallest absolute Gasteiger partial charge is 0.256 e. The Kier molecular flexibility index (Phi) is 4.04. The van der Waals surface area contributed by atoms with Gasteiger partial charge >= 0.3 is 0 Å². The van der Waals surface area contributed by atoms with Crippen LogP contribution in [0.3, 0.4) is 0 Å². The van der Waals surface area contributed by atoms with Crippen molar-refractivity contribution in [2.75, 3.05) is 19.5 Å². The Balaban J connectivity index is 2.19. The van der Waals surface area contributed by atoms with Gasteiger partial charge in [0.2, 0.25) is 0 Å². The Bertz CT molecular complexity index is 499. The van der Waals surface area contributed by atoms with E-state index >= 15 is 0 Å². The summed E-state index contributed by atoms with van der Waals surface area (Å²) in [5.41, 5.74) is 2.07. The summed E-state index contributed by atoms with van der Waals surface area (Å²) in [4.78, 5) is 12.5. The molecule has 1 aromatic carbocycles. The van der Waals surface area contributed by atoms with E-state index < -0.39 is 5.60 Å². The average molecular weight is 277 g/mol. The van der Waals surface area contributed by atoms with E-state index in [1.807, 2.05) is 32.9 Å². The fourth-order valence-corrected chi connectivity index (χ4v) is 2.68. The Hall–Kier alpha value is -1.55. The molecule has 0 spiro atoms. The average Bonchev–Trinajstić information content (AvgIpc) is 3.22. The normalized spacial score (nSPS) is 17.4. The zero-order chi connectivity index (χ0) is 14.9. The van der Waals surface area contributed by atoms with E-state index in [0.29, 0.717) is 5.92 Å². The van der Waals surface area contributed by atoms with Crippen LogP contribution in [0.5, 0.6) is 5.75 Å². The molecule has 4 nitrogen and oxygen atoms in total. The first-order valence-electron chi connectivity index (χ1n) is 6.94. The molecule has 0 bridgehead atoms. The summed E-state index contributed by atoms with van der Waals surface area (Å²) in [5, 5.41) is 2.97. The zero-order valence-electron chi connectivity index (χ0n) is 12.9. The molecule has 0 saturated heterocycles. The zero-order valence-corrected chi connectivity index (χ0v) is 12.9. The summed E-state index contributed by atoms with van der Waals surface area (Å²) < 4.78 is 10.8. The molecule has 1 aromatic rings. The van der Waals surface area contributed by atoms with E-state index in [-0.39, 0.29) is 5.91 Å². The van der Waals surface area contributed by atoms with Crippen molar-refractivity contribution < 1.29 is 14.3 Å². The van der Waals surface area contributed by atoms with Crippen LogP contribution in [0.4, 0.5) is 5.69 Å². The van der Waals surface area contributed by atoms with Gasteiger partial charge in [-0.2, -0.15) is 0 Å². The molecular formula is C16H23NO3. The number of aryl methyl sites for hydroxylation is 2. The number of amides is 1. The van der Waals surface area contributed by atoms with Gasteiger partial charge in [-0.3, -0.25) is 4.79 Å². The SMILES string of the molecule is COc1c(C)cc(NC(=O)C(C)(OC)C2CC2)cc1C. The van der Waals surface area contributed by atoms with Crippen LogP contribution >= 0.6 is 0 Å². The van der Waals surface area contributed by atoms with E-state index in [2.05, 4.69) is 5.32 Å². The molecule has 1 aliphatic carbocycles. The maximum atomic E-state index is 12.5. The van der Waals surface area contributed by atoms with Crippen molar-refractivity contribution in [3.63, 3.8) is 0 Å². The molecule has 4 heteroatoms. The summed E-state index contributed by atoms with van der Waals surface area (Å²) in [6.45, 7) is 5.80. The largest absolute Gasteiger partial charge is 0.496 e. The molecule has 1 N–H and O–H groups in total. The van der Waals surface area contributed by atoms with Crippen molar-refractivity contribution >= 4 is 11.6 Å². The lowest BCUT2D eigenvalue weighted by atomic mass is 9.98. The fraction of sp³-hybridized carbons (Fsp3) is 0.562. The number of hydrogen-bond donors (Lipinski definition) is 1. The van der Waals surface area contributed by atoms with Crippen molar-refractivity contribution in [2.24, 2.45) is 5.92 Å². The van der Waals surface area contributed by atoms with E-state index in [0.717, 1.165) is 35.4 Å². The molecule has 1 unspecified atom stereocenters. The highest BCUT2D eigenvalue weighted by molar-refractivity contribution is 5.97. The molecule has 0 heterocycles. The second-order valence-corrected chi connectivity index (χ2v) is 5.68. The maximum Gasteiger partial charge on any atom is 0.256 e. The number of ether oxygens (including phenoxy) is 2. The predicted octanol–water partition coefficient (Wildman–Crippen LogP) is 3.07. The van der Waals surface area contributed by atoms with Gasteiger partial charge in [0, 0.05) is 12.8 Å². The van der Waals surface area contributed by atoms with E-state index in [1.165, 1.54) is 0 Å². The second kappa shape index (κ2) is 5.44. The molecule has 1 amide bonds. The molecule has 1 fully saturated rings. The molecular weight excluding hydrogens is 254 g/mol. The minimum Gasteiger partial charge on any atom is -0.496 e. The summed E-state index contributed by atoms with van der Waals surface area (Å²) in [7, 11) is 3.26. The highest BCUT2D eigenvalue weighted by Gasteiger charge is 2.47. The number of methoxy groups -OCH3 is 2. The van der Waals surface area contributed by atoms with Crippen LogP contribution in [0.25, 0.3) is 0 Å². The molecule has 0 aliphatic heterocycles. The highest BCUT2D eigenvalue weighted by atomic mass is 16.5. The minimum absolute atomic E-state index is 0.0773. The van der Waals surface area contributed by atoms with Crippen LogP contribution in [-0.2, 0) is 9.53 Å². The third-order valence-electron chi connectivity index (χ3n) is 4.15. The van der Waals surface area contributed by atoms with E-state index in [4.69, 9.17) is 9.47 Å². The van der Waals surface area contributed by atoms with Crippen molar-refractivity contribution in [1.82, 2.24) is 0 Å². The van der Waals surface area contributed by atoms with Gasteiger partial charge in [-0.15, -0.1) is 0 Å². The van der Waals surface area contributed by atoms with Crippen molar-refractivity contribution in [1.29, 1.82) is 0 Å². The predicted molar refractivity (Wildman–Crippen MR) is 79.2 cm³/mol. The summed E-state index contributed by atoms with van der Waals surface area (Å²) in [6.07, 6.45) is 2.11. The van der Waals surface area contributed by atoms with Crippen molar-refractivity contribution in [3.8, 4) is 5.75 Å². The van der Waals surface area contributed by atoms with Crippen LogP contribution in [0, 0.1) is 19.8 Å². The Morgan fingerprint density at radius 1 is 1.25 bits per heavy atom. The lowest BCUT2D eigenvalue weighted by Crippen LogP contribution is -2.44. The lowest BCUT2D eigenvalue weighted by molar-refractivity contribution is -0.138. The van der Waals surface area contributed by atoms with Gasteiger partial charge in [0.15, 0.2) is 0 Å². The molecule has 2 rings (SSSR count). The van der Waals surface area contributed by atoms with Gasteiger partial charge in [-0.25, -0.2) is 0 Å². The van der Waals surface area contributed by atoms with Gasteiger partial charge < -0.3 is 14.8 Å². The van der Waals surface area contributed by atoms with Crippen LogP contribution in [0.2, 0.25) is 0 Å². The Morgan fingerprint density at radius 2 is 1.80 bits per heavy atom. The van der Waals surface area contributed by atoms with Crippen molar-refractivity contribution in [3.05, 3.63) is 23.3 Å². The molecule has 1 aliphatic rings. The topological polar surface area (TPSA) is 47.6 Å². The lowest BCUT2D eigenvalue weighted by Gasteiger charge is -2.27. The number of carbonyl (C=O) groups excluding carboxylic acids is 1. The number of benzene rings is 1. The van der Waals surface area contributed by atoms with Crippen LogP contribution < -0.4 is 10.1 Å². The summed E-state index contributed by atoms with van der Waals surface area (Å²) in [5.74, 6) is 1.11. The molecule has 0 aromatic heterocycles. The molecule has 1 atom stereocenters. The monoisotopic (exact) mass is 277 g/mol. The summed E-state index contributed by atoms with van der Waals surface area (Å²) >= 11 is 0. The standard InChI is InChI=1S/C16H23NO3/c1-10-8-13(9-11(2)14(10)19-4)17-15(18)16(3,20-5)12-6-7-12/h8-9,12H,6-7H2,1-5H3,(H,17,18). The quantitative estimate of drug-likeness (QED) is 0.899. The molecule has 110 valence electrons. The first-order chi connectivity index (χ1) is 9.42. The van der Waals surface area contributed by atoms with Gasteiger partial charge in [-0.05, 0) is 62.8 Å². The Morgan fingerprint density at radius 3 is 2.20 bits per heavy atom. The van der Waals surface area contributed by atoms with Crippen LogP contribution in [-0.4, -0.2) is 25.7 Å². The third kappa shape index (κ3) is 2.66. The number of anilines is 1. The maximum absolute atomic E-state index is 12.5. The third-order valence-corrected chi connectivity index (χ3v) is 4.15. The minimum atomic E-state index is -0.734. The van der Waals surface area contributed by atoms with Crippen molar-refractivity contribution in [2.45, 2.75) is 39.2 Å². The number of carbonyl (C=O) groups is 1. The number of hydrogen-bond acceptors (Lipinski definition) is 3. The van der Waals surface area contributed by atoms with E-state index in [9.17, 15) is 4.79 Å². The van der Waals surface area contributed by atoms with Gasteiger partial charge in [0.05, 0.1) is 7.11 Å². The van der Waals surface area contributed by atoms with Gasteiger partial charge in [0.25, 0.3) is 5.91 Å². The number of nitrogens with one attached hydrogen (secondary N) is 1. The van der Waals surface area contributed by atoms with Crippen LogP contribution in [0.1, 0.15) is 30.9 Å². The second-order valence-electron chi connectivity index (χ2n) is 5.68. The molecule has 1 saturated carbocycles.